The lowest BCUT2D eigenvalue weighted by atomic mass is 9.99. The Morgan fingerprint density at radius 2 is 2.17 bits per heavy atom. The van der Waals surface area contributed by atoms with E-state index < -0.39 is 0 Å². The van der Waals surface area contributed by atoms with E-state index in [2.05, 4.69) is 13.0 Å². The number of carbonyl (C=O) groups is 1. The molecular formula is C15H19NO2. The van der Waals surface area contributed by atoms with Crippen molar-refractivity contribution in [3.05, 3.63) is 35.4 Å². The highest BCUT2D eigenvalue weighted by molar-refractivity contribution is 5.96. The maximum atomic E-state index is 12.4. The molecule has 0 saturated carbocycles. The summed E-state index contributed by atoms with van der Waals surface area (Å²) in [6.07, 6.45) is 3.73. The molecule has 2 heterocycles. The highest BCUT2D eigenvalue weighted by Crippen LogP contribution is 2.23. The smallest absolute Gasteiger partial charge is 0.254 e. The molecule has 1 aromatic rings. The second-order valence-corrected chi connectivity index (χ2v) is 5.30. The van der Waals surface area contributed by atoms with Gasteiger partial charge in [-0.05, 0) is 37.8 Å². The molecule has 3 heteroatoms. The van der Waals surface area contributed by atoms with Crippen molar-refractivity contribution in [3.8, 4) is 0 Å². The number of fused-ring (bicyclic) bond motifs is 1. The third-order valence-electron chi connectivity index (χ3n) is 3.93. The number of amides is 1. The number of hydrogen-bond acceptors (Lipinski definition) is 2. The first-order valence-corrected chi connectivity index (χ1v) is 6.76. The van der Waals surface area contributed by atoms with Gasteiger partial charge in [-0.3, -0.25) is 4.79 Å². The van der Waals surface area contributed by atoms with Gasteiger partial charge < -0.3 is 9.64 Å². The Morgan fingerprint density at radius 1 is 1.33 bits per heavy atom. The van der Waals surface area contributed by atoms with E-state index in [1.54, 1.807) is 0 Å². The Kier molecular flexibility index (Phi) is 3.08. The average Bonchev–Trinajstić information content (AvgIpc) is 2.79. The fourth-order valence-corrected chi connectivity index (χ4v) is 2.91. The van der Waals surface area contributed by atoms with Crippen LogP contribution in [0.15, 0.2) is 24.3 Å². The minimum absolute atomic E-state index is 0.167. The molecule has 2 unspecified atom stereocenters. The molecule has 0 N–H and O–H groups in total. The fourth-order valence-electron chi connectivity index (χ4n) is 2.91. The number of rotatable bonds is 2. The molecule has 1 aromatic carbocycles. The third kappa shape index (κ3) is 2.15. The molecule has 18 heavy (non-hydrogen) atoms. The van der Waals surface area contributed by atoms with E-state index in [-0.39, 0.29) is 12.0 Å². The molecule has 2 aliphatic heterocycles. The van der Waals surface area contributed by atoms with Gasteiger partial charge in [0.1, 0.15) is 0 Å². The summed E-state index contributed by atoms with van der Waals surface area (Å²) in [5.74, 6) is 0.167. The Hall–Kier alpha value is -1.35. The largest absolute Gasteiger partial charge is 0.373 e. The van der Waals surface area contributed by atoms with E-state index in [1.165, 1.54) is 5.56 Å². The van der Waals surface area contributed by atoms with Gasteiger partial charge >= 0.3 is 0 Å². The zero-order chi connectivity index (χ0) is 12.5. The highest BCUT2D eigenvalue weighted by Gasteiger charge is 2.29. The van der Waals surface area contributed by atoms with Gasteiger partial charge in [0.25, 0.3) is 5.91 Å². The van der Waals surface area contributed by atoms with Crippen LogP contribution in [0.5, 0.6) is 0 Å². The Balaban J connectivity index is 1.71. The van der Waals surface area contributed by atoms with Crippen LogP contribution >= 0.6 is 0 Å². The van der Waals surface area contributed by atoms with Crippen molar-refractivity contribution in [2.75, 3.05) is 13.1 Å². The maximum absolute atomic E-state index is 12.4. The van der Waals surface area contributed by atoms with Gasteiger partial charge in [0.05, 0.1) is 12.2 Å². The molecule has 0 aliphatic carbocycles. The summed E-state index contributed by atoms with van der Waals surface area (Å²) in [5.41, 5.74) is 2.05. The van der Waals surface area contributed by atoms with Crippen LogP contribution in [0.1, 0.15) is 35.7 Å². The summed E-state index contributed by atoms with van der Waals surface area (Å²) in [4.78, 5) is 14.3. The van der Waals surface area contributed by atoms with Crippen LogP contribution in [0.2, 0.25) is 0 Å². The molecular weight excluding hydrogens is 226 g/mol. The summed E-state index contributed by atoms with van der Waals surface area (Å²) >= 11 is 0. The first kappa shape index (κ1) is 11.7. The molecule has 1 amide bonds. The normalized spacial score (nSPS) is 27.4. The number of ether oxygens (including phenoxy) is 1. The van der Waals surface area contributed by atoms with Gasteiger partial charge in [0, 0.05) is 18.7 Å². The SMILES string of the molecule is CC1CCC(CN2CCc3ccccc3C2=O)O1. The standard InChI is InChI=1S/C15H19NO2/c1-11-6-7-13(18-11)10-16-9-8-12-4-2-3-5-14(12)15(16)17/h2-5,11,13H,6-10H2,1H3. The quantitative estimate of drug-likeness (QED) is 0.800. The van der Waals surface area contributed by atoms with Crippen LogP contribution in [0.3, 0.4) is 0 Å². The summed E-state index contributed by atoms with van der Waals surface area (Å²) in [7, 11) is 0. The van der Waals surface area contributed by atoms with Gasteiger partial charge in [-0.25, -0.2) is 0 Å². The summed E-state index contributed by atoms with van der Waals surface area (Å²) in [6.45, 7) is 3.68. The molecule has 0 bridgehead atoms. The second-order valence-electron chi connectivity index (χ2n) is 5.30. The second kappa shape index (κ2) is 4.73. The maximum Gasteiger partial charge on any atom is 0.254 e. The monoisotopic (exact) mass is 245 g/mol. The molecule has 3 rings (SSSR count). The minimum Gasteiger partial charge on any atom is -0.373 e. The van der Waals surface area contributed by atoms with Gasteiger partial charge in [-0.2, -0.15) is 0 Å². The molecule has 2 atom stereocenters. The van der Waals surface area contributed by atoms with Crippen LogP contribution in [-0.4, -0.2) is 36.1 Å². The van der Waals surface area contributed by atoms with Gasteiger partial charge in [0.15, 0.2) is 0 Å². The Bertz CT molecular complexity index is 458. The van der Waals surface area contributed by atoms with Crippen LogP contribution in [0.4, 0.5) is 0 Å². The summed E-state index contributed by atoms with van der Waals surface area (Å²) in [5, 5.41) is 0. The molecule has 0 spiro atoms. The predicted molar refractivity (Wildman–Crippen MR) is 69.6 cm³/mol. The van der Waals surface area contributed by atoms with Crippen molar-refractivity contribution in [1.29, 1.82) is 0 Å². The number of nitrogens with zero attached hydrogens (tertiary/aromatic N) is 1. The molecule has 1 saturated heterocycles. The zero-order valence-corrected chi connectivity index (χ0v) is 10.8. The van der Waals surface area contributed by atoms with Crippen molar-refractivity contribution >= 4 is 5.91 Å². The average molecular weight is 245 g/mol. The molecule has 96 valence electrons. The highest BCUT2D eigenvalue weighted by atomic mass is 16.5. The van der Waals surface area contributed by atoms with E-state index in [1.807, 2.05) is 23.1 Å². The Morgan fingerprint density at radius 3 is 2.94 bits per heavy atom. The molecule has 1 fully saturated rings. The lowest BCUT2D eigenvalue weighted by Crippen LogP contribution is -2.42. The van der Waals surface area contributed by atoms with Gasteiger partial charge in [-0.15, -0.1) is 0 Å². The first-order chi connectivity index (χ1) is 8.74. The lowest BCUT2D eigenvalue weighted by Gasteiger charge is -2.30. The van der Waals surface area contributed by atoms with Crippen LogP contribution < -0.4 is 0 Å². The minimum atomic E-state index is 0.167. The molecule has 2 aliphatic rings. The van der Waals surface area contributed by atoms with Crippen LogP contribution in [0, 0.1) is 0 Å². The van der Waals surface area contributed by atoms with Crippen molar-refractivity contribution in [2.45, 2.75) is 38.4 Å². The molecule has 0 aromatic heterocycles. The summed E-state index contributed by atoms with van der Waals surface area (Å²) in [6, 6.07) is 7.93. The number of hydrogen-bond donors (Lipinski definition) is 0. The lowest BCUT2D eigenvalue weighted by molar-refractivity contribution is 0.0272. The van der Waals surface area contributed by atoms with Gasteiger partial charge in [-0.1, -0.05) is 18.2 Å². The number of benzene rings is 1. The third-order valence-corrected chi connectivity index (χ3v) is 3.93. The number of carbonyl (C=O) groups excluding carboxylic acids is 1. The van der Waals surface area contributed by atoms with Crippen molar-refractivity contribution in [1.82, 2.24) is 4.90 Å². The van der Waals surface area contributed by atoms with Crippen molar-refractivity contribution in [3.63, 3.8) is 0 Å². The summed E-state index contributed by atoms with van der Waals surface area (Å²) < 4.78 is 5.81. The van der Waals surface area contributed by atoms with Crippen molar-refractivity contribution in [2.24, 2.45) is 0 Å². The van der Waals surface area contributed by atoms with Crippen molar-refractivity contribution < 1.29 is 9.53 Å². The Labute approximate surface area is 108 Å². The molecule has 0 radical (unpaired) electrons. The molecule has 3 nitrogen and oxygen atoms in total. The topological polar surface area (TPSA) is 29.5 Å². The van der Waals surface area contributed by atoms with E-state index in [0.717, 1.165) is 37.9 Å². The predicted octanol–water partition coefficient (Wildman–Crippen LogP) is 2.25. The van der Waals surface area contributed by atoms with E-state index >= 15 is 0 Å². The fraction of sp³-hybridized carbons (Fsp3) is 0.533. The first-order valence-electron chi connectivity index (χ1n) is 6.76. The van der Waals surface area contributed by atoms with E-state index in [4.69, 9.17) is 4.74 Å². The zero-order valence-electron chi connectivity index (χ0n) is 10.8. The van der Waals surface area contributed by atoms with Crippen LogP contribution in [0.25, 0.3) is 0 Å². The van der Waals surface area contributed by atoms with Gasteiger partial charge in [0.2, 0.25) is 0 Å². The van der Waals surface area contributed by atoms with Crippen LogP contribution in [-0.2, 0) is 11.2 Å². The van der Waals surface area contributed by atoms with E-state index in [9.17, 15) is 4.79 Å². The van der Waals surface area contributed by atoms with E-state index in [0.29, 0.717) is 6.10 Å².